The first-order valence-corrected chi connectivity index (χ1v) is 7.33. The van der Waals surface area contributed by atoms with Gasteiger partial charge in [-0.15, -0.1) is 18.8 Å². The van der Waals surface area contributed by atoms with Crippen molar-refractivity contribution in [1.29, 1.82) is 0 Å². The molecule has 0 saturated heterocycles. The van der Waals surface area contributed by atoms with Gasteiger partial charge < -0.3 is 15.2 Å². The molecular formula is C19H18ClN3O2. The fourth-order valence-corrected chi connectivity index (χ4v) is 2.64. The van der Waals surface area contributed by atoms with Crippen molar-refractivity contribution in [3.8, 4) is 35.1 Å². The third kappa shape index (κ3) is 3.17. The number of aromatic nitrogens is 2. The number of aryl methyl sites for hydroxylation is 1. The number of nitrogen functional groups attached to an aromatic ring is 1. The largest absolute Gasteiger partial charge is 0.493 e. The molecule has 2 N–H and O–H groups in total. The lowest BCUT2D eigenvalue weighted by Gasteiger charge is -2.13. The van der Waals surface area contributed by atoms with Crippen LogP contribution < -0.4 is 15.2 Å². The number of nitrogens with two attached hydrogens (primary N) is 1. The molecular weight excluding hydrogens is 338 g/mol. The van der Waals surface area contributed by atoms with Gasteiger partial charge in [-0.2, -0.15) is 0 Å². The highest BCUT2D eigenvalue weighted by molar-refractivity contribution is 5.96. The number of anilines is 1. The summed E-state index contributed by atoms with van der Waals surface area (Å²) >= 11 is 0. The molecule has 25 heavy (non-hydrogen) atoms. The van der Waals surface area contributed by atoms with E-state index in [2.05, 4.69) is 15.9 Å². The summed E-state index contributed by atoms with van der Waals surface area (Å²) in [5.41, 5.74) is 10.6. The van der Waals surface area contributed by atoms with E-state index in [0.717, 1.165) is 27.7 Å². The summed E-state index contributed by atoms with van der Waals surface area (Å²) in [7, 11) is 3.18. The summed E-state index contributed by atoms with van der Waals surface area (Å²) < 4.78 is 10.7. The van der Waals surface area contributed by atoms with Crippen LogP contribution in [0.25, 0.3) is 22.2 Å². The number of hydrogen-bond acceptors (Lipinski definition) is 5. The predicted molar refractivity (Wildman–Crippen MR) is 102 cm³/mol. The van der Waals surface area contributed by atoms with Crippen molar-refractivity contribution in [2.45, 2.75) is 6.92 Å². The van der Waals surface area contributed by atoms with Crippen LogP contribution in [0.3, 0.4) is 0 Å². The van der Waals surface area contributed by atoms with Crippen LogP contribution in [0, 0.1) is 19.3 Å². The molecule has 3 rings (SSSR count). The molecule has 0 atom stereocenters. The third-order valence-electron chi connectivity index (χ3n) is 3.96. The Kier molecular flexibility index (Phi) is 5.35. The standard InChI is InChI=1S/C19H17N3O2.ClH/c1-5-12-7-15(20)11(2)6-13(12)19-14-8-17(23-3)18(24-4)9-16(14)21-10-22-19;/h1,6-10H,20H2,2-4H3;1H. The molecule has 3 aromatic rings. The Morgan fingerprint density at radius 3 is 2.36 bits per heavy atom. The van der Waals surface area contributed by atoms with Gasteiger partial charge in [0.15, 0.2) is 11.5 Å². The Hall–Kier alpha value is -2.97. The fraction of sp³-hybridized carbons (Fsp3) is 0.158. The first-order valence-electron chi connectivity index (χ1n) is 7.33. The lowest BCUT2D eigenvalue weighted by atomic mass is 9.97. The second kappa shape index (κ2) is 7.29. The molecule has 0 fully saturated rings. The Morgan fingerprint density at radius 1 is 1.04 bits per heavy atom. The first kappa shape index (κ1) is 18.4. The minimum absolute atomic E-state index is 0. The Bertz CT molecular complexity index is 981. The Balaban J connectivity index is 0.00000225. The second-order valence-corrected chi connectivity index (χ2v) is 5.35. The number of nitrogens with zero attached hydrogens (tertiary/aromatic N) is 2. The third-order valence-corrected chi connectivity index (χ3v) is 3.96. The van der Waals surface area contributed by atoms with E-state index in [-0.39, 0.29) is 12.4 Å². The highest BCUT2D eigenvalue weighted by Gasteiger charge is 2.15. The molecule has 0 bridgehead atoms. The van der Waals surface area contributed by atoms with Crippen LogP contribution in [0.15, 0.2) is 30.6 Å². The number of rotatable bonds is 3. The summed E-state index contributed by atoms with van der Waals surface area (Å²) in [5, 5.41) is 0.829. The zero-order valence-corrected chi connectivity index (χ0v) is 15.0. The molecule has 0 spiro atoms. The lowest BCUT2D eigenvalue weighted by Crippen LogP contribution is -1.98. The zero-order valence-electron chi connectivity index (χ0n) is 14.2. The molecule has 1 aromatic heterocycles. The number of fused-ring (bicyclic) bond motifs is 1. The zero-order chi connectivity index (χ0) is 17.3. The van der Waals surface area contributed by atoms with Crippen LogP contribution in [-0.2, 0) is 0 Å². The molecule has 0 saturated carbocycles. The van der Waals surface area contributed by atoms with Crippen LogP contribution in [-0.4, -0.2) is 24.2 Å². The predicted octanol–water partition coefficient (Wildman–Crippen LogP) is 3.61. The average molecular weight is 356 g/mol. The number of ether oxygens (including phenoxy) is 2. The molecule has 2 aromatic carbocycles. The Morgan fingerprint density at radius 2 is 1.72 bits per heavy atom. The van der Waals surface area contributed by atoms with Crippen molar-refractivity contribution in [3.05, 3.63) is 41.7 Å². The van der Waals surface area contributed by atoms with Crippen molar-refractivity contribution >= 4 is 29.0 Å². The number of hydrogen-bond donors (Lipinski definition) is 1. The molecule has 0 aliphatic carbocycles. The van der Waals surface area contributed by atoms with Gasteiger partial charge in [-0.3, -0.25) is 0 Å². The monoisotopic (exact) mass is 355 g/mol. The van der Waals surface area contributed by atoms with Crippen molar-refractivity contribution in [2.75, 3.05) is 20.0 Å². The number of terminal acetylenes is 1. The molecule has 6 heteroatoms. The summed E-state index contributed by atoms with van der Waals surface area (Å²) in [4.78, 5) is 8.77. The minimum atomic E-state index is 0. The molecule has 0 aliphatic heterocycles. The topological polar surface area (TPSA) is 70.3 Å². The summed E-state index contributed by atoms with van der Waals surface area (Å²) in [6, 6.07) is 7.41. The lowest BCUT2D eigenvalue weighted by molar-refractivity contribution is 0.356. The van der Waals surface area contributed by atoms with E-state index < -0.39 is 0 Å². The van der Waals surface area contributed by atoms with Crippen molar-refractivity contribution in [3.63, 3.8) is 0 Å². The van der Waals surface area contributed by atoms with E-state index in [0.29, 0.717) is 22.7 Å². The van der Waals surface area contributed by atoms with Crippen LogP contribution in [0.4, 0.5) is 5.69 Å². The quantitative estimate of drug-likeness (QED) is 0.574. The maximum Gasteiger partial charge on any atom is 0.162 e. The normalized spacial score (nSPS) is 10.0. The summed E-state index contributed by atoms with van der Waals surface area (Å²) in [6.07, 6.45) is 7.17. The van der Waals surface area contributed by atoms with Gasteiger partial charge in [0.25, 0.3) is 0 Å². The van der Waals surface area contributed by atoms with E-state index in [4.69, 9.17) is 21.6 Å². The van der Waals surface area contributed by atoms with Gasteiger partial charge in [0.1, 0.15) is 6.33 Å². The summed E-state index contributed by atoms with van der Waals surface area (Å²) in [6.45, 7) is 1.94. The van der Waals surface area contributed by atoms with Gasteiger partial charge in [0, 0.05) is 28.3 Å². The van der Waals surface area contributed by atoms with Gasteiger partial charge in [0.05, 0.1) is 25.4 Å². The molecule has 0 amide bonds. The highest BCUT2D eigenvalue weighted by atomic mass is 35.5. The van der Waals surface area contributed by atoms with Gasteiger partial charge in [0.2, 0.25) is 0 Å². The van der Waals surface area contributed by atoms with E-state index in [1.165, 1.54) is 6.33 Å². The van der Waals surface area contributed by atoms with Gasteiger partial charge >= 0.3 is 0 Å². The van der Waals surface area contributed by atoms with Gasteiger partial charge in [-0.25, -0.2) is 9.97 Å². The van der Waals surface area contributed by atoms with Crippen LogP contribution in [0.2, 0.25) is 0 Å². The number of halogens is 1. The smallest absolute Gasteiger partial charge is 0.162 e. The summed E-state index contributed by atoms with van der Waals surface area (Å²) in [5.74, 6) is 3.90. The van der Waals surface area contributed by atoms with Crippen molar-refractivity contribution < 1.29 is 9.47 Å². The molecule has 0 radical (unpaired) electrons. The van der Waals surface area contributed by atoms with E-state index in [1.54, 1.807) is 20.3 Å². The average Bonchev–Trinajstić information content (AvgIpc) is 2.61. The van der Waals surface area contributed by atoms with E-state index in [1.807, 2.05) is 25.1 Å². The maximum absolute atomic E-state index is 5.97. The van der Waals surface area contributed by atoms with Crippen LogP contribution in [0.1, 0.15) is 11.1 Å². The van der Waals surface area contributed by atoms with E-state index >= 15 is 0 Å². The highest BCUT2D eigenvalue weighted by Crippen LogP contribution is 2.36. The van der Waals surface area contributed by atoms with Crippen LogP contribution >= 0.6 is 12.4 Å². The molecule has 1 heterocycles. The first-order chi connectivity index (χ1) is 11.6. The minimum Gasteiger partial charge on any atom is -0.493 e. The molecule has 0 aliphatic rings. The number of methoxy groups -OCH3 is 2. The van der Waals surface area contributed by atoms with E-state index in [9.17, 15) is 0 Å². The maximum atomic E-state index is 5.97. The fourth-order valence-electron chi connectivity index (χ4n) is 2.64. The van der Waals surface area contributed by atoms with Crippen LogP contribution in [0.5, 0.6) is 11.5 Å². The second-order valence-electron chi connectivity index (χ2n) is 5.35. The van der Waals surface area contributed by atoms with Gasteiger partial charge in [-0.1, -0.05) is 5.92 Å². The van der Waals surface area contributed by atoms with Crippen molar-refractivity contribution in [1.82, 2.24) is 9.97 Å². The molecule has 128 valence electrons. The SMILES string of the molecule is C#Cc1cc(N)c(C)cc1-c1ncnc2cc(OC)c(OC)cc12.Cl. The molecule has 0 unspecified atom stereocenters. The van der Waals surface area contributed by atoms with Gasteiger partial charge in [-0.05, 0) is 30.7 Å². The Labute approximate surface area is 152 Å². The molecule has 5 nitrogen and oxygen atoms in total. The van der Waals surface area contributed by atoms with Crippen molar-refractivity contribution in [2.24, 2.45) is 0 Å². The number of benzene rings is 2.